The topological polar surface area (TPSA) is 129 Å². The lowest BCUT2D eigenvalue weighted by molar-refractivity contribution is -0.139. The molecule has 9 nitrogen and oxygen atoms in total. The number of nitrogens with zero attached hydrogens (tertiary/aromatic N) is 1. The molecule has 1 aliphatic heterocycles. The number of hydrogen-bond acceptors (Lipinski definition) is 7. The van der Waals surface area contributed by atoms with Crippen LogP contribution in [-0.4, -0.2) is 70.5 Å². The smallest absolute Gasteiger partial charge is 0.247 e. The summed E-state index contributed by atoms with van der Waals surface area (Å²) >= 11 is 0. The van der Waals surface area contributed by atoms with Gasteiger partial charge in [0.15, 0.2) is 11.5 Å². The van der Waals surface area contributed by atoms with Crippen LogP contribution in [0.1, 0.15) is 60.3 Å². The van der Waals surface area contributed by atoms with E-state index in [1.54, 1.807) is 23.1 Å². The van der Waals surface area contributed by atoms with E-state index in [0.29, 0.717) is 40.5 Å². The van der Waals surface area contributed by atoms with E-state index in [1.165, 1.54) is 7.11 Å². The Morgan fingerprint density at radius 1 is 1.10 bits per heavy atom. The summed E-state index contributed by atoms with van der Waals surface area (Å²) < 4.78 is 11.9. The largest absolute Gasteiger partial charge is 0.493 e. The first-order valence-corrected chi connectivity index (χ1v) is 14.5. The Kier molecular flexibility index (Phi) is 8.97. The van der Waals surface area contributed by atoms with Gasteiger partial charge in [0.05, 0.1) is 32.3 Å². The molecule has 9 heteroatoms. The van der Waals surface area contributed by atoms with E-state index < -0.39 is 30.1 Å². The molecule has 0 aromatic heterocycles. The number of hydrogen-bond donors (Lipinski definition) is 4. The molecule has 3 aliphatic rings. The number of aliphatic hydroxyl groups excluding tert-OH is 3. The van der Waals surface area contributed by atoms with E-state index >= 15 is 0 Å². The summed E-state index contributed by atoms with van der Waals surface area (Å²) in [6, 6.07) is 10.6. The summed E-state index contributed by atoms with van der Waals surface area (Å²) in [7, 11) is 1.50. The maximum Gasteiger partial charge on any atom is 0.247 e. The fourth-order valence-corrected chi connectivity index (χ4v) is 6.45. The molecular formula is C32H40N2O7. The SMILES string of the molecule is COc1cc(CO)cc2c1O[C@@H]1[C@@H](O)[C@H](N(Cc3ccc(C)cc3)C(=O)CC3CCCC3)C=C(C(=O)NCCO)[C@H]21. The van der Waals surface area contributed by atoms with Crippen LogP contribution in [0, 0.1) is 12.8 Å². The quantitative estimate of drug-likeness (QED) is 0.349. The summed E-state index contributed by atoms with van der Waals surface area (Å²) in [5.74, 6) is -0.0185. The number of carbonyl (C=O) groups excluding carboxylic acids is 2. The van der Waals surface area contributed by atoms with E-state index in [9.17, 15) is 24.9 Å². The number of nitrogens with one attached hydrogen (secondary N) is 1. The van der Waals surface area contributed by atoms with Crippen LogP contribution in [0.25, 0.3) is 0 Å². The fourth-order valence-electron chi connectivity index (χ4n) is 6.45. The fraction of sp³-hybridized carbons (Fsp3) is 0.500. The van der Waals surface area contributed by atoms with Gasteiger partial charge in [0.2, 0.25) is 11.8 Å². The molecule has 0 bridgehead atoms. The van der Waals surface area contributed by atoms with Gasteiger partial charge >= 0.3 is 0 Å². The summed E-state index contributed by atoms with van der Waals surface area (Å²) in [5, 5.41) is 33.8. The van der Waals surface area contributed by atoms with E-state index in [0.717, 1.165) is 36.8 Å². The highest BCUT2D eigenvalue weighted by Crippen LogP contribution is 2.51. The average molecular weight is 565 g/mol. The molecule has 1 fully saturated rings. The van der Waals surface area contributed by atoms with E-state index in [1.807, 2.05) is 31.2 Å². The second-order valence-corrected chi connectivity index (χ2v) is 11.4. The average Bonchev–Trinajstić information content (AvgIpc) is 3.64. The van der Waals surface area contributed by atoms with Crippen molar-refractivity contribution in [2.45, 2.75) is 76.3 Å². The highest BCUT2D eigenvalue weighted by Gasteiger charge is 2.51. The molecule has 1 heterocycles. The highest BCUT2D eigenvalue weighted by molar-refractivity contribution is 5.96. The van der Waals surface area contributed by atoms with Gasteiger partial charge in [-0.3, -0.25) is 9.59 Å². The van der Waals surface area contributed by atoms with E-state index in [2.05, 4.69) is 5.32 Å². The van der Waals surface area contributed by atoms with Crippen LogP contribution in [-0.2, 0) is 22.7 Å². The second kappa shape index (κ2) is 12.6. The summed E-state index contributed by atoms with van der Waals surface area (Å²) in [4.78, 5) is 29.1. The second-order valence-electron chi connectivity index (χ2n) is 11.4. The minimum atomic E-state index is -1.14. The zero-order valence-corrected chi connectivity index (χ0v) is 23.7. The number of methoxy groups -OCH3 is 1. The van der Waals surface area contributed by atoms with Gasteiger partial charge < -0.3 is 35.0 Å². The third-order valence-electron chi connectivity index (χ3n) is 8.59. The van der Waals surface area contributed by atoms with Gasteiger partial charge in [-0.05, 0) is 55.0 Å². The van der Waals surface area contributed by atoms with Crippen LogP contribution < -0.4 is 14.8 Å². The lowest BCUT2D eigenvalue weighted by atomic mass is 9.77. The molecule has 2 amide bonds. The third kappa shape index (κ3) is 5.98. The van der Waals surface area contributed by atoms with Gasteiger partial charge in [0.1, 0.15) is 12.2 Å². The van der Waals surface area contributed by atoms with Crippen molar-refractivity contribution in [2.24, 2.45) is 5.92 Å². The number of aliphatic hydroxyl groups is 3. The number of carbonyl (C=O) groups is 2. The molecule has 220 valence electrons. The van der Waals surface area contributed by atoms with Gasteiger partial charge in [-0.2, -0.15) is 0 Å². The maximum absolute atomic E-state index is 13.9. The Morgan fingerprint density at radius 3 is 2.49 bits per heavy atom. The zero-order chi connectivity index (χ0) is 29.1. The van der Waals surface area contributed by atoms with Crippen LogP contribution in [0.3, 0.4) is 0 Å². The zero-order valence-electron chi connectivity index (χ0n) is 23.7. The predicted octanol–water partition coefficient (Wildman–Crippen LogP) is 2.73. The van der Waals surface area contributed by atoms with Crippen LogP contribution in [0.2, 0.25) is 0 Å². The van der Waals surface area contributed by atoms with Crippen LogP contribution in [0.4, 0.5) is 0 Å². The van der Waals surface area contributed by atoms with Crippen molar-refractivity contribution in [1.82, 2.24) is 10.2 Å². The minimum absolute atomic E-state index is 0.0577. The summed E-state index contributed by atoms with van der Waals surface area (Å²) in [5.41, 5.74) is 3.59. The van der Waals surface area contributed by atoms with E-state index in [-0.39, 0.29) is 32.2 Å². The molecule has 1 saturated carbocycles. The normalized spacial score (nSPS) is 23.3. The lowest BCUT2D eigenvalue weighted by Crippen LogP contribution is -2.55. The standard InChI is InChI=1S/C32H40N2O7/c1-19-7-9-21(10-8-19)17-34(27(37)15-20-5-3-4-6-20)25-16-24(32(39)33-11-12-35)28-23-13-22(18-36)14-26(40-2)30(23)41-31(28)29(25)38/h7-10,13-14,16,20,25,28-29,31,35-36,38H,3-6,11-12,15,17-18H2,1-2H3,(H,33,39)/t25-,28+,29+,31+/m1/s1. The first-order valence-electron chi connectivity index (χ1n) is 14.5. The van der Waals surface area contributed by atoms with Gasteiger partial charge in [-0.1, -0.05) is 42.7 Å². The monoisotopic (exact) mass is 564 g/mol. The number of benzene rings is 2. The maximum atomic E-state index is 13.9. The molecule has 0 spiro atoms. The van der Waals surface area contributed by atoms with Gasteiger partial charge in [0.25, 0.3) is 0 Å². The number of ether oxygens (including phenoxy) is 2. The Hall–Kier alpha value is -3.40. The number of rotatable bonds is 10. The Labute approximate surface area is 240 Å². The molecule has 4 atom stereocenters. The molecule has 5 rings (SSSR count). The molecule has 0 radical (unpaired) electrons. The van der Waals surface area contributed by atoms with Gasteiger partial charge in [-0.25, -0.2) is 0 Å². The van der Waals surface area contributed by atoms with Gasteiger partial charge in [0, 0.05) is 30.6 Å². The van der Waals surface area contributed by atoms with Crippen molar-refractivity contribution in [3.8, 4) is 11.5 Å². The molecule has 2 aliphatic carbocycles. The van der Waals surface area contributed by atoms with Crippen molar-refractivity contribution >= 4 is 11.8 Å². The predicted molar refractivity (Wildman–Crippen MR) is 152 cm³/mol. The number of amides is 2. The Morgan fingerprint density at radius 2 is 1.83 bits per heavy atom. The first-order chi connectivity index (χ1) is 19.8. The van der Waals surface area contributed by atoms with Crippen LogP contribution >= 0.6 is 0 Å². The number of fused-ring (bicyclic) bond motifs is 3. The van der Waals surface area contributed by atoms with Crippen molar-refractivity contribution in [1.29, 1.82) is 0 Å². The molecule has 4 N–H and O–H groups in total. The van der Waals surface area contributed by atoms with Crippen LogP contribution in [0.15, 0.2) is 48.0 Å². The Bertz CT molecular complexity index is 1290. The molecule has 2 aromatic carbocycles. The third-order valence-corrected chi connectivity index (χ3v) is 8.59. The molecular weight excluding hydrogens is 524 g/mol. The highest BCUT2D eigenvalue weighted by atomic mass is 16.5. The molecule has 41 heavy (non-hydrogen) atoms. The van der Waals surface area contributed by atoms with E-state index in [4.69, 9.17) is 9.47 Å². The minimum Gasteiger partial charge on any atom is -0.493 e. The van der Waals surface area contributed by atoms with Crippen molar-refractivity contribution in [3.63, 3.8) is 0 Å². The van der Waals surface area contributed by atoms with Crippen molar-refractivity contribution < 1.29 is 34.4 Å². The van der Waals surface area contributed by atoms with Crippen molar-refractivity contribution in [2.75, 3.05) is 20.3 Å². The summed E-state index contributed by atoms with van der Waals surface area (Å²) in [6.45, 7) is 1.87. The van der Waals surface area contributed by atoms with Crippen molar-refractivity contribution in [3.05, 3.63) is 70.3 Å². The van der Waals surface area contributed by atoms with Crippen LogP contribution in [0.5, 0.6) is 11.5 Å². The summed E-state index contributed by atoms with van der Waals surface area (Å²) in [6.07, 6.45) is 4.33. The number of aryl methyl sites for hydroxylation is 1. The molecule has 0 unspecified atom stereocenters. The molecule has 2 aromatic rings. The molecule has 0 saturated heterocycles. The Balaban J connectivity index is 1.57. The first kappa shape index (κ1) is 29.1. The lowest BCUT2D eigenvalue weighted by Gasteiger charge is -2.41. The van der Waals surface area contributed by atoms with Gasteiger partial charge in [-0.15, -0.1) is 0 Å².